The highest BCUT2D eigenvalue weighted by Gasteiger charge is 1.89. The number of hydrogen-bond acceptors (Lipinski definition) is 3. The third-order valence-corrected chi connectivity index (χ3v) is 1.88. The van der Waals surface area contributed by atoms with Crippen LogP contribution in [0.1, 0.15) is 27.7 Å². The van der Waals surface area contributed by atoms with Gasteiger partial charge in [-0.2, -0.15) is 0 Å². The Labute approximate surface area is 83.1 Å². The zero-order chi connectivity index (χ0) is 10.5. The Morgan fingerprint density at radius 3 is 1.54 bits per heavy atom. The third-order valence-electron chi connectivity index (χ3n) is 1.88. The fourth-order valence-corrected chi connectivity index (χ4v) is 0.927. The van der Waals surface area contributed by atoms with Crippen LogP contribution in [-0.2, 0) is 0 Å². The number of aliphatic hydroxyl groups excluding tert-OH is 1. The molecule has 0 aliphatic heterocycles. The Morgan fingerprint density at radius 1 is 1.00 bits per heavy atom. The summed E-state index contributed by atoms with van der Waals surface area (Å²) in [5, 5.41) is 11.1. The van der Waals surface area contributed by atoms with E-state index in [0.717, 1.165) is 13.1 Å². The number of rotatable bonds is 6. The molecule has 0 aromatic carbocycles. The highest BCUT2D eigenvalue weighted by molar-refractivity contribution is 4.43. The van der Waals surface area contributed by atoms with Crippen LogP contribution in [0.15, 0.2) is 0 Å². The Balaban J connectivity index is 0. The van der Waals surface area contributed by atoms with Gasteiger partial charge in [-0.05, 0) is 26.2 Å². The van der Waals surface area contributed by atoms with Crippen molar-refractivity contribution < 1.29 is 5.11 Å². The molecule has 0 spiro atoms. The molecule has 0 bridgehead atoms. The number of aliphatic hydroxyl groups is 1. The van der Waals surface area contributed by atoms with Gasteiger partial charge in [-0.1, -0.05) is 27.7 Å². The molecule has 0 saturated carbocycles. The second kappa shape index (κ2) is 14.4. The van der Waals surface area contributed by atoms with Crippen LogP contribution in [0, 0.1) is 0 Å². The molecule has 0 heterocycles. The van der Waals surface area contributed by atoms with Crippen molar-refractivity contribution in [1.29, 1.82) is 0 Å². The molecular formula is C10H26N2O. The molecule has 0 atom stereocenters. The Morgan fingerprint density at radius 2 is 1.46 bits per heavy atom. The molecule has 0 aromatic rings. The smallest absolute Gasteiger partial charge is 0.0555 e. The van der Waals surface area contributed by atoms with E-state index in [1.165, 1.54) is 19.6 Å². The van der Waals surface area contributed by atoms with Gasteiger partial charge in [-0.15, -0.1) is 0 Å². The largest absolute Gasteiger partial charge is 0.395 e. The van der Waals surface area contributed by atoms with Crippen LogP contribution in [0.3, 0.4) is 0 Å². The summed E-state index contributed by atoms with van der Waals surface area (Å²) in [6.07, 6.45) is 0. The molecule has 0 unspecified atom stereocenters. The summed E-state index contributed by atoms with van der Waals surface area (Å²) >= 11 is 0. The van der Waals surface area contributed by atoms with Gasteiger partial charge in [-0.3, -0.25) is 0 Å². The topological polar surface area (TPSA) is 35.5 Å². The molecule has 3 heteroatoms. The summed E-state index contributed by atoms with van der Waals surface area (Å²) in [5.74, 6) is 0. The van der Waals surface area contributed by atoms with Crippen LogP contribution >= 0.6 is 0 Å². The Hall–Kier alpha value is -0.120. The van der Waals surface area contributed by atoms with Gasteiger partial charge in [0.05, 0.1) is 6.61 Å². The van der Waals surface area contributed by atoms with Crippen molar-refractivity contribution in [2.24, 2.45) is 0 Å². The van der Waals surface area contributed by atoms with Gasteiger partial charge >= 0.3 is 0 Å². The highest BCUT2D eigenvalue weighted by atomic mass is 16.3. The van der Waals surface area contributed by atoms with E-state index in [2.05, 4.69) is 31.0 Å². The van der Waals surface area contributed by atoms with Crippen molar-refractivity contribution in [1.82, 2.24) is 10.2 Å². The van der Waals surface area contributed by atoms with Gasteiger partial charge in [0.25, 0.3) is 0 Å². The molecule has 0 fully saturated rings. The third kappa shape index (κ3) is 14.7. The van der Waals surface area contributed by atoms with Gasteiger partial charge in [0.1, 0.15) is 0 Å². The van der Waals surface area contributed by atoms with E-state index >= 15 is 0 Å². The second-order valence-electron chi connectivity index (χ2n) is 2.70. The number of nitrogens with one attached hydrogen (secondary N) is 1. The monoisotopic (exact) mass is 190 g/mol. The molecule has 2 N–H and O–H groups in total. The highest BCUT2D eigenvalue weighted by Crippen LogP contribution is 1.81. The summed E-state index contributed by atoms with van der Waals surface area (Å²) in [7, 11) is 0. The first-order chi connectivity index (χ1) is 6.26. The SMILES string of the molecule is CCN(CC)CC.CCNCCO. The summed E-state index contributed by atoms with van der Waals surface area (Å²) in [4.78, 5) is 2.38. The maximum atomic E-state index is 8.13. The molecular weight excluding hydrogens is 164 g/mol. The molecule has 0 amide bonds. The summed E-state index contributed by atoms with van der Waals surface area (Å²) in [6.45, 7) is 14.0. The van der Waals surface area contributed by atoms with E-state index in [1.54, 1.807) is 0 Å². The predicted octanol–water partition coefficient (Wildman–Crippen LogP) is 0.936. The van der Waals surface area contributed by atoms with Gasteiger partial charge in [0, 0.05) is 6.54 Å². The predicted molar refractivity (Wildman–Crippen MR) is 59.1 cm³/mol. The lowest BCUT2D eigenvalue weighted by Crippen LogP contribution is -2.21. The molecule has 82 valence electrons. The van der Waals surface area contributed by atoms with Crippen molar-refractivity contribution in [2.75, 3.05) is 39.3 Å². The van der Waals surface area contributed by atoms with E-state index in [9.17, 15) is 0 Å². The molecule has 0 aromatic heterocycles. The van der Waals surface area contributed by atoms with Gasteiger partial charge in [-0.25, -0.2) is 0 Å². The van der Waals surface area contributed by atoms with Crippen LogP contribution in [0.4, 0.5) is 0 Å². The maximum absolute atomic E-state index is 8.13. The first kappa shape index (κ1) is 15.4. The van der Waals surface area contributed by atoms with Gasteiger partial charge < -0.3 is 15.3 Å². The molecule has 0 radical (unpaired) electrons. The molecule has 3 nitrogen and oxygen atoms in total. The first-order valence-electron chi connectivity index (χ1n) is 5.30. The van der Waals surface area contributed by atoms with Crippen molar-refractivity contribution >= 4 is 0 Å². The van der Waals surface area contributed by atoms with Crippen molar-refractivity contribution in [2.45, 2.75) is 27.7 Å². The Bertz CT molecular complexity index is 65.8. The minimum absolute atomic E-state index is 0.244. The van der Waals surface area contributed by atoms with E-state index < -0.39 is 0 Å². The minimum atomic E-state index is 0.244. The summed E-state index contributed by atoms with van der Waals surface area (Å²) < 4.78 is 0. The molecule has 0 aliphatic carbocycles. The van der Waals surface area contributed by atoms with Crippen LogP contribution in [0.2, 0.25) is 0 Å². The fraction of sp³-hybridized carbons (Fsp3) is 1.00. The zero-order valence-corrected chi connectivity index (χ0v) is 9.64. The van der Waals surface area contributed by atoms with Crippen molar-refractivity contribution in [3.05, 3.63) is 0 Å². The van der Waals surface area contributed by atoms with E-state index in [0.29, 0.717) is 0 Å². The molecule has 0 aliphatic rings. The standard InChI is InChI=1S/C6H15N.C4H11NO/c1-4-7(5-2)6-3;1-2-5-3-4-6/h4-6H2,1-3H3;5-6H,2-4H2,1H3. The fourth-order valence-electron chi connectivity index (χ4n) is 0.927. The Kier molecular flexibility index (Phi) is 17.0. The van der Waals surface area contributed by atoms with E-state index in [1.807, 2.05) is 6.92 Å². The van der Waals surface area contributed by atoms with Crippen LogP contribution < -0.4 is 5.32 Å². The summed E-state index contributed by atoms with van der Waals surface area (Å²) in [5.41, 5.74) is 0. The quantitative estimate of drug-likeness (QED) is 0.612. The van der Waals surface area contributed by atoms with Gasteiger partial charge in [0.15, 0.2) is 0 Å². The normalized spacial score (nSPS) is 9.69. The van der Waals surface area contributed by atoms with Crippen molar-refractivity contribution in [3.63, 3.8) is 0 Å². The number of nitrogens with zero attached hydrogens (tertiary/aromatic N) is 1. The first-order valence-corrected chi connectivity index (χ1v) is 5.30. The lowest BCUT2D eigenvalue weighted by Gasteiger charge is -2.13. The zero-order valence-electron chi connectivity index (χ0n) is 9.64. The summed E-state index contributed by atoms with van der Waals surface area (Å²) in [6, 6.07) is 0. The van der Waals surface area contributed by atoms with Gasteiger partial charge in [0.2, 0.25) is 0 Å². The van der Waals surface area contributed by atoms with Crippen LogP contribution in [0.5, 0.6) is 0 Å². The van der Waals surface area contributed by atoms with Crippen molar-refractivity contribution in [3.8, 4) is 0 Å². The van der Waals surface area contributed by atoms with Crippen LogP contribution in [0.25, 0.3) is 0 Å². The molecule has 0 saturated heterocycles. The maximum Gasteiger partial charge on any atom is 0.0555 e. The number of likely N-dealkylation sites (N-methyl/N-ethyl adjacent to an activating group) is 1. The molecule has 13 heavy (non-hydrogen) atoms. The minimum Gasteiger partial charge on any atom is -0.395 e. The lowest BCUT2D eigenvalue weighted by molar-refractivity contribution is 0.293. The molecule has 0 rings (SSSR count). The average molecular weight is 190 g/mol. The van der Waals surface area contributed by atoms with Crippen LogP contribution in [-0.4, -0.2) is 49.3 Å². The average Bonchev–Trinajstić information content (AvgIpc) is 2.18. The van der Waals surface area contributed by atoms with E-state index in [4.69, 9.17) is 5.11 Å². The second-order valence-corrected chi connectivity index (χ2v) is 2.70. The number of hydrogen-bond donors (Lipinski definition) is 2. The lowest BCUT2D eigenvalue weighted by atomic mass is 10.5. The van der Waals surface area contributed by atoms with E-state index in [-0.39, 0.29) is 6.61 Å².